The summed E-state index contributed by atoms with van der Waals surface area (Å²) in [6, 6.07) is 8.09. The second-order valence-electron chi connectivity index (χ2n) is 5.65. The molecule has 21 heavy (non-hydrogen) atoms. The molecule has 4 heteroatoms. The summed E-state index contributed by atoms with van der Waals surface area (Å²) in [6.45, 7) is 3.81. The number of carboxylic acids is 1. The molecule has 4 nitrogen and oxygen atoms in total. The van der Waals surface area contributed by atoms with E-state index < -0.39 is 5.97 Å². The van der Waals surface area contributed by atoms with E-state index >= 15 is 0 Å². The molecule has 1 unspecified atom stereocenters. The van der Waals surface area contributed by atoms with Gasteiger partial charge in [-0.3, -0.25) is 0 Å². The van der Waals surface area contributed by atoms with E-state index in [1.54, 1.807) is 6.08 Å². The molecule has 1 aromatic rings. The highest BCUT2D eigenvalue weighted by Gasteiger charge is 2.30. The maximum atomic E-state index is 10.5. The molecule has 1 aromatic carbocycles. The molecular weight excluding hydrogens is 266 g/mol. The number of benzene rings is 1. The molecule has 0 radical (unpaired) electrons. The topological polar surface area (TPSA) is 49.8 Å². The van der Waals surface area contributed by atoms with Gasteiger partial charge in [-0.05, 0) is 56.5 Å². The fraction of sp³-hybridized carbons (Fsp3) is 0.471. The third kappa shape index (κ3) is 5.23. The van der Waals surface area contributed by atoms with E-state index in [2.05, 4.69) is 18.9 Å². The second-order valence-corrected chi connectivity index (χ2v) is 5.65. The highest BCUT2D eigenvalue weighted by atomic mass is 16.5. The summed E-state index contributed by atoms with van der Waals surface area (Å²) in [5.41, 5.74) is 0.828. The molecular formula is C17H23NO3. The maximum Gasteiger partial charge on any atom is 0.328 e. The molecule has 0 spiro atoms. The minimum Gasteiger partial charge on any atom is -0.492 e. The van der Waals surface area contributed by atoms with Gasteiger partial charge in [0.2, 0.25) is 0 Å². The molecule has 0 saturated heterocycles. The van der Waals surface area contributed by atoms with Crippen LogP contribution in [0.25, 0.3) is 6.08 Å². The van der Waals surface area contributed by atoms with Crippen molar-refractivity contribution in [2.45, 2.75) is 25.8 Å². The first-order valence-electron chi connectivity index (χ1n) is 7.40. The molecule has 0 bridgehead atoms. The Morgan fingerprint density at radius 2 is 2.29 bits per heavy atom. The van der Waals surface area contributed by atoms with Gasteiger partial charge in [0.25, 0.3) is 0 Å². The fourth-order valence-corrected chi connectivity index (χ4v) is 2.33. The molecule has 1 aliphatic carbocycles. The first-order chi connectivity index (χ1) is 10.1. The Labute approximate surface area is 126 Å². The van der Waals surface area contributed by atoms with Gasteiger partial charge in [0.15, 0.2) is 0 Å². The predicted octanol–water partition coefficient (Wildman–Crippen LogP) is 2.89. The predicted molar refractivity (Wildman–Crippen MR) is 83.4 cm³/mol. The molecule has 0 aliphatic heterocycles. The number of ether oxygens (including phenoxy) is 1. The lowest BCUT2D eigenvalue weighted by molar-refractivity contribution is -0.131. The minimum absolute atomic E-state index is 0.624. The quantitative estimate of drug-likeness (QED) is 0.748. The lowest BCUT2D eigenvalue weighted by Gasteiger charge is -2.24. The number of carbonyl (C=O) groups is 1. The van der Waals surface area contributed by atoms with E-state index in [9.17, 15) is 4.79 Å². The van der Waals surface area contributed by atoms with Crippen LogP contribution in [0.4, 0.5) is 0 Å². The average molecular weight is 289 g/mol. The van der Waals surface area contributed by atoms with Gasteiger partial charge in [0, 0.05) is 18.7 Å². The van der Waals surface area contributed by atoms with Crippen molar-refractivity contribution in [2.24, 2.45) is 5.92 Å². The Kier molecular flexibility index (Phi) is 5.39. The second kappa shape index (κ2) is 7.27. The summed E-state index contributed by atoms with van der Waals surface area (Å²) < 4.78 is 5.75. The summed E-state index contributed by atoms with van der Waals surface area (Å²) in [5, 5.41) is 8.62. The van der Waals surface area contributed by atoms with E-state index in [1.807, 2.05) is 24.3 Å². The number of rotatable bonds is 8. The van der Waals surface area contributed by atoms with Crippen molar-refractivity contribution in [3.8, 4) is 5.75 Å². The molecule has 0 aromatic heterocycles. The molecule has 1 saturated carbocycles. The molecule has 0 heterocycles. The van der Waals surface area contributed by atoms with Gasteiger partial charge in [0.05, 0.1) is 0 Å². The largest absolute Gasteiger partial charge is 0.492 e. The zero-order valence-corrected chi connectivity index (χ0v) is 12.7. The molecule has 1 fully saturated rings. The zero-order valence-electron chi connectivity index (χ0n) is 12.7. The van der Waals surface area contributed by atoms with Gasteiger partial charge in [-0.15, -0.1) is 0 Å². The van der Waals surface area contributed by atoms with Crippen molar-refractivity contribution in [3.63, 3.8) is 0 Å². The van der Waals surface area contributed by atoms with E-state index in [0.717, 1.165) is 29.9 Å². The van der Waals surface area contributed by atoms with Crippen molar-refractivity contribution in [1.29, 1.82) is 0 Å². The molecule has 114 valence electrons. The standard InChI is InChI=1S/C17H23NO3/c1-13(15-7-8-15)18(2)10-11-21-16-5-3-4-14(12-16)6-9-17(19)20/h3-6,9,12-13,15H,7-8,10-11H2,1-2H3,(H,19,20). The average Bonchev–Trinajstić information content (AvgIpc) is 3.29. The monoisotopic (exact) mass is 289 g/mol. The third-order valence-corrected chi connectivity index (χ3v) is 3.99. The van der Waals surface area contributed by atoms with Crippen LogP contribution in [-0.2, 0) is 4.79 Å². The van der Waals surface area contributed by atoms with Crippen molar-refractivity contribution in [2.75, 3.05) is 20.2 Å². The molecule has 0 amide bonds. The van der Waals surface area contributed by atoms with Crippen LogP contribution in [0.1, 0.15) is 25.3 Å². The van der Waals surface area contributed by atoms with E-state index in [-0.39, 0.29) is 0 Å². The van der Waals surface area contributed by atoms with Crippen molar-refractivity contribution in [3.05, 3.63) is 35.9 Å². The fourth-order valence-electron chi connectivity index (χ4n) is 2.33. The number of nitrogens with zero attached hydrogens (tertiary/aromatic N) is 1. The number of aliphatic carboxylic acids is 1. The van der Waals surface area contributed by atoms with Gasteiger partial charge in [-0.1, -0.05) is 12.1 Å². The highest BCUT2D eigenvalue weighted by molar-refractivity contribution is 5.85. The Morgan fingerprint density at radius 1 is 1.52 bits per heavy atom. The molecule has 2 rings (SSSR count). The van der Waals surface area contributed by atoms with Gasteiger partial charge in [-0.25, -0.2) is 4.79 Å². The van der Waals surface area contributed by atoms with Gasteiger partial charge < -0.3 is 14.7 Å². The number of hydrogen-bond donors (Lipinski definition) is 1. The van der Waals surface area contributed by atoms with Crippen LogP contribution < -0.4 is 4.74 Å². The zero-order chi connectivity index (χ0) is 15.2. The first-order valence-corrected chi connectivity index (χ1v) is 7.40. The summed E-state index contributed by atoms with van der Waals surface area (Å²) in [6.07, 6.45) is 5.40. The van der Waals surface area contributed by atoms with Crippen LogP contribution in [0.2, 0.25) is 0 Å². The number of likely N-dealkylation sites (N-methyl/N-ethyl adjacent to an activating group) is 1. The summed E-state index contributed by atoms with van der Waals surface area (Å²) in [4.78, 5) is 12.8. The Bertz CT molecular complexity index is 509. The van der Waals surface area contributed by atoms with Gasteiger partial charge in [-0.2, -0.15) is 0 Å². The molecule has 1 N–H and O–H groups in total. The highest BCUT2D eigenvalue weighted by Crippen LogP contribution is 2.34. The van der Waals surface area contributed by atoms with Crippen LogP contribution in [-0.4, -0.2) is 42.2 Å². The Balaban J connectivity index is 1.79. The maximum absolute atomic E-state index is 10.5. The lowest BCUT2D eigenvalue weighted by Crippen LogP contribution is -2.34. The van der Waals surface area contributed by atoms with Crippen LogP contribution in [0.3, 0.4) is 0 Å². The van der Waals surface area contributed by atoms with Crippen LogP contribution in [0.5, 0.6) is 5.75 Å². The smallest absolute Gasteiger partial charge is 0.328 e. The van der Waals surface area contributed by atoms with E-state index in [1.165, 1.54) is 12.8 Å². The Morgan fingerprint density at radius 3 is 2.95 bits per heavy atom. The van der Waals surface area contributed by atoms with Crippen molar-refractivity contribution in [1.82, 2.24) is 4.90 Å². The number of hydrogen-bond acceptors (Lipinski definition) is 3. The number of carboxylic acid groups (broad SMARTS) is 1. The Hall–Kier alpha value is -1.81. The summed E-state index contributed by atoms with van der Waals surface area (Å²) in [7, 11) is 2.14. The van der Waals surface area contributed by atoms with Crippen molar-refractivity contribution >= 4 is 12.0 Å². The van der Waals surface area contributed by atoms with Gasteiger partial charge >= 0.3 is 5.97 Å². The summed E-state index contributed by atoms with van der Waals surface area (Å²) in [5.74, 6) is 0.687. The van der Waals surface area contributed by atoms with Crippen molar-refractivity contribution < 1.29 is 14.6 Å². The first kappa shape index (κ1) is 15.6. The van der Waals surface area contributed by atoms with E-state index in [0.29, 0.717) is 12.6 Å². The van der Waals surface area contributed by atoms with E-state index in [4.69, 9.17) is 9.84 Å². The molecule has 1 aliphatic rings. The van der Waals surface area contributed by atoms with Crippen LogP contribution in [0.15, 0.2) is 30.3 Å². The lowest BCUT2D eigenvalue weighted by atomic mass is 10.2. The minimum atomic E-state index is -0.947. The normalized spacial score (nSPS) is 16.3. The van der Waals surface area contributed by atoms with Crippen LogP contribution in [0, 0.1) is 5.92 Å². The van der Waals surface area contributed by atoms with Crippen LogP contribution >= 0.6 is 0 Å². The SMILES string of the molecule is CC(C1CC1)N(C)CCOc1cccc(C=CC(=O)O)c1. The molecule has 1 atom stereocenters. The van der Waals surface area contributed by atoms with Gasteiger partial charge in [0.1, 0.15) is 12.4 Å². The summed E-state index contributed by atoms with van der Waals surface area (Å²) >= 11 is 0. The third-order valence-electron chi connectivity index (χ3n) is 3.99.